The second-order valence-electron chi connectivity index (χ2n) is 5.24. The second-order valence-corrected chi connectivity index (χ2v) is 5.24. The third-order valence-electron chi connectivity index (χ3n) is 3.08. The number of carbonyl (C=O) groups excluding carboxylic acids is 1. The van der Waals surface area contributed by atoms with Gasteiger partial charge in [0.05, 0.1) is 20.1 Å². The fourth-order valence-corrected chi connectivity index (χ4v) is 1.83. The number of nitrogens with zero attached hydrogens (tertiary/aromatic N) is 4. The van der Waals surface area contributed by atoms with E-state index in [1.807, 2.05) is 0 Å². The van der Waals surface area contributed by atoms with Crippen LogP contribution in [0.1, 0.15) is 12.2 Å². The highest BCUT2D eigenvalue weighted by molar-refractivity contribution is 5.69. The van der Waals surface area contributed by atoms with Gasteiger partial charge < -0.3 is 24.8 Å². The molecule has 2 rings (SSSR count). The van der Waals surface area contributed by atoms with Crippen molar-refractivity contribution in [1.29, 1.82) is 0 Å². The lowest BCUT2D eigenvalue weighted by atomic mass is 10.3. The number of esters is 1. The molecule has 1 aromatic heterocycles. The minimum absolute atomic E-state index is 0.0745. The van der Waals surface area contributed by atoms with Crippen LogP contribution in [-0.2, 0) is 16.1 Å². The molecule has 0 saturated heterocycles. The Morgan fingerprint density at radius 3 is 2.44 bits per heavy atom. The second kappa shape index (κ2) is 8.67. The number of anilines is 2. The molecule has 1 aromatic carbocycles. The van der Waals surface area contributed by atoms with Crippen molar-refractivity contribution in [3.05, 3.63) is 30.1 Å². The Bertz CT molecular complexity index is 706. The third-order valence-corrected chi connectivity index (χ3v) is 3.08. The average molecular weight is 347 g/mol. The molecule has 9 heteroatoms. The summed E-state index contributed by atoms with van der Waals surface area (Å²) in [5.74, 6) is 1.74. The molecule has 0 saturated carbocycles. The lowest BCUT2D eigenvalue weighted by molar-refractivity contribution is -0.145. The van der Waals surface area contributed by atoms with Crippen molar-refractivity contribution in [2.75, 3.05) is 38.4 Å². The van der Waals surface area contributed by atoms with Gasteiger partial charge in [0, 0.05) is 14.1 Å². The highest BCUT2D eigenvalue weighted by Crippen LogP contribution is 2.17. The largest absolute Gasteiger partial charge is 0.497 e. The van der Waals surface area contributed by atoms with Gasteiger partial charge in [-0.3, -0.25) is 4.79 Å². The number of ether oxygens (including phenoxy) is 3. The summed E-state index contributed by atoms with van der Waals surface area (Å²) in [5.41, 5.74) is 5.61. The van der Waals surface area contributed by atoms with Gasteiger partial charge >= 0.3 is 5.97 Å². The number of benzene rings is 1. The molecule has 0 radical (unpaired) electrons. The van der Waals surface area contributed by atoms with Crippen molar-refractivity contribution in [3.8, 4) is 11.5 Å². The number of carbonyl (C=O) groups is 1. The summed E-state index contributed by atoms with van der Waals surface area (Å²) in [6.07, 6.45) is 0.104. The van der Waals surface area contributed by atoms with Crippen LogP contribution in [0.3, 0.4) is 0 Å². The van der Waals surface area contributed by atoms with Crippen molar-refractivity contribution in [1.82, 2.24) is 15.0 Å². The van der Waals surface area contributed by atoms with Gasteiger partial charge in [0.15, 0.2) is 12.4 Å². The summed E-state index contributed by atoms with van der Waals surface area (Å²) in [7, 11) is 5.15. The van der Waals surface area contributed by atoms with Crippen molar-refractivity contribution in [2.45, 2.75) is 13.0 Å². The summed E-state index contributed by atoms with van der Waals surface area (Å²) in [5, 5.41) is 0. The molecule has 0 spiro atoms. The zero-order valence-electron chi connectivity index (χ0n) is 14.4. The predicted octanol–water partition coefficient (Wildman–Crippen LogP) is 1.04. The molecule has 1 heterocycles. The van der Waals surface area contributed by atoms with Gasteiger partial charge in [0.2, 0.25) is 11.9 Å². The molecule has 0 atom stereocenters. The maximum atomic E-state index is 11.8. The van der Waals surface area contributed by atoms with Gasteiger partial charge in [0.1, 0.15) is 11.5 Å². The first kappa shape index (κ1) is 18.2. The fraction of sp³-hybridized carbons (Fsp3) is 0.375. The van der Waals surface area contributed by atoms with Crippen molar-refractivity contribution in [2.24, 2.45) is 0 Å². The number of nitrogens with two attached hydrogens (primary N) is 1. The molecule has 0 aliphatic carbocycles. The number of aromatic nitrogens is 3. The SMILES string of the molecule is COc1ccc(OCCC(=O)OCc2nc(N)nc(N(C)C)n2)cc1. The van der Waals surface area contributed by atoms with Crippen molar-refractivity contribution < 1.29 is 19.0 Å². The average Bonchev–Trinajstić information content (AvgIpc) is 2.60. The van der Waals surface area contributed by atoms with Gasteiger partial charge in [-0.05, 0) is 24.3 Å². The van der Waals surface area contributed by atoms with E-state index in [4.69, 9.17) is 19.9 Å². The van der Waals surface area contributed by atoms with Gasteiger partial charge in [0.25, 0.3) is 0 Å². The van der Waals surface area contributed by atoms with Gasteiger partial charge in [-0.2, -0.15) is 15.0 Å². The summed E-state index contributed by atoms with van der Waals surface area (Å²) in [6.45, 7) is 0.127. The van der Waals surface area contributed by atoms with E-state index in [2.05, 4.69) is 15.0 Å². The van der Waals surface area contributed by atoms with Crippen LogP contribution in [0.5, 0.6) is 11.5 Å². The molecule has 134 valence electrons. The number of hydrogen-bond donors (Lipinski definition) is 1. The molecule has 0 aliphatic rings. The minimum Gasteiger partial charge on any atom is -0.497 e. The Morgan fingerprint density at radius 1 is 1.12 bits per heavy atom. The van der Waals surface area contributed by atoms with Crippen molar-refractivity contribution in [3.63, 3.8) is 0 Å². The minimum atomic E-state index is -0.418. The first-order valence-electron chi connectivity index (χ1n) is 7.58. The van der Waals surface area contributed by atoms with Crippen LogP contribution in [0.4, 0.5) is 11.9 Å². The number of hydrogen-bond acceptors (Lipinski definition) is 9. The highest BCUT2D eigenvalue weighted by Gasteiger charge is 2.09. The number of methoxy groups -OCH3 is 1. The Labute approximate surface area is 145 Å². The number of nitrogen functional groups attached to an aromatic ring is 1. The summed E-state index contributed by atoms with van der Waals surface area (Å²) < 4.78 is 15.7. The molecule has 9 nitrogen and oxygen atoms in total. The van der Waals surface area contributed by atoms with E-state index in [1.54, 1.807) is 50.4 Å². The predicted molar refractivity (Wildman–Crippen MR) is 91.5 cm³/mol. The van der Waals surface area contributed by atoms with E-state index >= 15 is 0 Å². The topological polar surface area (TPSA) is 113 Å². The Kier molecular flexibility index (Phi) is 6.33. The first-order valence-corrected chi connectivity index (χ1v) is 7.58. The Morgan fingerprint density at radius 2 is 1.80 bits per heavy atom. The summed E-state index contributed by atoms with van der Waals surface area (Å²) in [6, 6.07) is 7.09. The first-order chi connectivity index (χ1) is 12.0. The van der Waals surface area contributed by atoms with Crippen LogP contribution < -0.4 is 20.1 Å². The monoisotopic (exact) mass is 347 g/mol. The normalized spacial score (nSPS) is 10.2. The fourth-order valence-electron chi connectivity index (χ4n) is 1.83. The van der Waals surface area contributed by atoms with Crippen LogP contribution in [0.15, 0.2) is 24.3 Å². The molecule has 25 heavy (non-hydrogen) atoms. The molecule has 2 aromatic rings. The lowest BCUT2D eigenvalue weighted by Gasteiger charge is -2.11. The molecule has 2 N–H and O–H groups in total. The van der Waals surface area contributed by atoms with Crippen LogP contribution in [-0.4, -0.2) is 48.7 Å². The van der Waals surface area contributed by atoms with Gasteiger partial charge in [-0.1, -0.05) is 0 Å². The van der Waals surface area contributed by atoms with E-state index in [9.17, 15) is 4.79 Å². The smallest absolute Gasteiger partial charge is 0.309 e. The zero-order chi connectivity index (χ0) is 18.2. The maximum absolute atomic E-state index is 11.8. The Balaban J connectivity index is 1.77. The lowest BCUT2D eigenvalue weighted by Crippen LogP contribution is -2.17. The van der Waals surface area contributed by atoms with E-state index in [0.29, 0.717) is 17.5 Å². The molecule has 0 fully saturated rings. The number of rotatable bonds is 8. The third kappa shape index (κ3) is 5.79. The van der Waals surface area contributed by atoms with Crippen LogP contribution in [0.2, 0.25) is 0 Å². The maximum Gasteiger partial charge on any atom is 0.309 e. The Hall–Kier alpha value is -3.10. The quantitative estimate of drug-likeness (QED) is 0.700. The van der Waals surface area contributed by atoms with Gasteiger partial charge in [-0.25, -0.2) is 0 Å². The molecule has 0 aliphatic heterocycles. The van der Waals surface area contributed by atoms with Crippen LogP contribution in [0.25, 0.3) is 0 Å². The highest BCUT2D eigenvalue weighted by atomic mass is 16.5. The van der Waals surface area contributed by atoms with Crippen LogP contribution in [0, 0.1) is 0 Å². The molecule has 0 unspecified atom stereocenters. The molecular weight excluding hydrogens is 326 g/mol. The van der Waals surface area contributed by atoms with E-state index in [-0.39, 0.29) is 25.6 Å². The standard InChI is InChI=1S/C16H21N5O4/c1-21(2)16-19-13(18-15(17)20-16)10-25-14(22)8-9-24-12-6-4-11(23-3)5-7-12/h4-7H,8-10H2,1-3H3,(H2,17,18,19,20). The van der Waals surface area contributed by atoms with Crippen molar-refractivity contribution >= 4 is 17.9 Å². The zero-order valence-corrected chi connectivity index (χ0v) is 14.4. The van der Waals surface area contributed by atoms with E-state index in [0.717, 1.165) is 5.75 Å². The summed E-state index contributed by atoms with van der Waals surface area (Å²) in [4.78, 5) is 25.5. The molecule has 0 amide bonds. The summed E-state index contributed by atoms with van der Waals surface area (Å²) >= 11 is 0. The van der Waals surface area contributed by atoms with E-state index < -0.39 is 5.97 Å². The van der Waals surface area contributed by atoms with E-state index in [1.165, 1.54) is 0 Å². The molecular formula is C16H21N5O4. The van der Waals surface area contributed by atoms with Gasteiger partial charge in [-0.15, -0.1) is 0 Å². The molecule has 0 bridgehead atoms. The van der Waals surface area contributed by atoms with Crippen LogP contribution >= 0.6 is 0 Å².